The Bertz CT molecular complexity index is 580. The highest BCUT2D eigenvalue weighted by Crippen LogP contribution is 2.32. The van der Waals surface area contributed by atoms with Gasteiger partial charge in [0.1, 0.15) is 5.82 Å². The molecule has 0 atom stereocenters. The first kappa shape index (κ1) is 11.0. The van der Waals surface area contributed by atoms with Crippen LogP contribution < -0.4 is 10.6 Å². The van der Waals surface area contributed by atoms with Crippen LogP contribution in [0.25, 0.3) is 0 Å². The molecule has 0 saturated heterocycles. The number of benzene rings is 1. The summed E-state index contributed by atoms with van der Waals surface area (Å²) in [5, 5.41) is 0. The summed E-state index contributed by atoms with van der Waals surface area (Å²) in [5.74, 6) is 1.21. The van der Waals surface area contributed by atoms with E-state index in [-0.39, 0.29) is 0 Å². The fourth-order valence-electron chi connectivity index (χ4n) is 2.48. The van der Waals surface area contributed by atoms with E-state index < -0.39 is 0 Å². The highest BCUT2D eigenvalue weighted by molar-refractivity contribution is 5.66. The molecule has 92 valence electrons. The number of hydrogen-bond acceptors (Lipinski definition) is 4. The van der Waals surface area contributed by atoms with Crippen molar-refractivity contribution >= 4 is 17.5 Å². The zero-order chi connectivity index (χ0) is 12.5. The molecule has 1 aliphatic heterocycles. The van der Waals surface area contributed by atoms with Crippen LogP contribution in [0.1, 0.15) is 17.5 Å². The van der Waals surface area contributed by atoms with Gasteiger partial charge in [-0.3, -0.25) is 0 Å². The molecule has 0 unspecified atom stereocenters. The number of nitrogens with two attached hydrogens (primary N) is 1. The molecule has 18 heavy (non-hydrogen) atoms. The Hall–Kier alpha value is -2.10. The predicted octanol–water partition coefficient (Wildman–Crippen LogP) is 2.45. The molecule has 0 saturated carbocycles. The Balaban J connectivity index is 2.06. The molecule has 0 spiro atoms. The lowest BCUT2D eigenvalue weighted by Gasteiger charge is -2.30. The van der Waals surface area contributed by atoms with Gasteiger partial charge < -0.3 is 10.6 Å². The summed E-state index contributed by atoms with van der Waals surface area (Å²) in [5.41, 5.74) is 9.59. The first-order chi connectivity index (χ1) is 8.74. The van der Waals surface area contributed by atoms with Crippen LogP contribution in [0.2, 0.25) is 0 Å². The molecule has 1 aromatic carbocycles. The van der Waals surface area contributed by atoms with E-state index in [0.29, 0.717) is 5.95 Å². The predicted molar refractivity (Wildman–Crippen MR) is 73.0 cm³/mol. The van der Waals surface area contributed by atoms with Gasteiger partial charge in [-0.25, -0.2) is 4.98 Å². The molecule has 4 heteroatoms. The summed E-state index contributed by atoms with van der Waals surface area (Å²) in [6, 6.07) is 8.47. The minimum atomic E-state index is 0.326. The number of anilines is 3. The van der Waals surface area contributed by atoms with Crippen LogP contribution in [0.3, 0.4) is 0 Å². The van der Waals surface area contributed by atoms with E-state index in [1.54, 1.807) is 6.20 Å². The third-order valence-electron chi connectivity index (χ3n) is 3.29. The number of rotatable bonds is 1. The van der Waals surface area contributed by atoms with Gasteiger partial charge in [0.15, 0.2) is 0 Å². The Kier molecular flexibility index (Phi) is 2.63. The van der Waals surface area contributed by atoms with Crippen molar-refractivity contribution in [3.8, 4) is 0 Å². The third kappa shape index (κ3) is 1.90. The quantitative estimate of drug-likeness (QED) is 0.832. The van der Waals surface area contributed by atoms with Gasteiger partial charge in [0.25, 0.3) is 0 Å². The van der Waals surface area contributed by atoms with E-state index in [9.17, 15) is 0 Å². The number of nitrogen functional groups attached to an aromatic ring is 1. The Morgan fingerprint density at radius 2 is 2.17 bits per heavy atom. The fraction of sp³-hybridized carbons (Fsp3) is 0.286. The first-order valence-electron chi connectivity index (χ1n) is 6.19. The van der Waals surface area contributed by atoms with Crippen LogP contribution in [0.15, 0.2) is 30.5 Å². The van der Waals surface area contributed by atoms with Crippen LogP contribution in [-0.2, 0) is 6.42 Å². The number of aryl methyl sites for hydroxylation is 2. The first-order valence-corrected chi connectivity index (χ1v) is 6.19. The molecular weight excluding hydrogens is 224 g/mol. The van der Waals surface area contributed by atoms with Crippen molar-refractivity contribution in [2.75, 3.05) is 17.2 Å². The minimum absolute atomic E-state index is 0.326. The average Bonchev–Trinajstić information content (AvgIpc) is 2.37. The molecule has 0 fully saturated rings. The van der Waals surface area contributed by atoms with Gasteiger partial charge in [-0.1, -0.05) is 17.7 Å². The molecule has 4 nitrogen and oxygen atoms in total. The zero-order valence-electron chi connectivity index (χ0n) is 10.4. The Morgan fingerprint density at radius 3 is 3.00 bits per heavy atom. The summed E-state index contributed by atoms with van der Waals surface area (Å²) in [6.07, 6.45) is 3.98. The highest BCUT2D eigenvalue weighted by Gasteiger charge is 2.19. The van der Waals surface area contributed by atoms with Crippen LogP contribution in [0.4, 0.5) is 17.5 Å². The van der Waals surface area contributed by atoms with Crippen LogP contribution in [-0.4, -0.2) is 16.5 Å². The monoisotopic (exact) mass is 240 g/mol. The smallest absolute Gasteiger partial charge is 0.221 e. The second-order valence-electron chi connectivity index (χ2n) is 4.66. The van der Waals surface area contributed by atoms with E-state index in [1.807, 2.05) is 6.07 Å². The maximum atomic E-state index is 5.66. The summed E-state index contributed by atoms with van der Waals surface area (Å²) in [6.45, 7) is 3.11. The minimum Gasteiger partial charge on any atom is -0.368 e. The second kappa shape index (κ2) is 4.29. The topological polar surface area (TPSA) is 55.0 Å². The summed E-state index contributed by atoms with van der Waals surface area (Å²) in [4.78, 5) is 10.5. The van der Waals surface area contributed by atoms with E-state index in [1.165, 1.54) is 16.8 Å². The van der Waals surface area contributed by atoms with E-state index in [4.69, 9.17) is 5.73 Å². The van der Waals surface area contributed by atoms with Crippen molar-refractivity contribution in [1.29, 1.82) is 0 Å². The Morgan fingerprint density at radius 1 is 1.28 bits per heavy atom. The summed E-state index contributed by atoms with van der Waals surface area (Å²) in [7, 11) is 0. The van der Waals surface area contributed by atoms with Gasteiger partial charge in [-0.15, -0.1) is 0 Å². The molecule has 0 amide bonds. The lowest BCUT2D eigenvalue weighted by molar-refractivity contribution is 0.758. The molecule has 0 aliphatic carbocycles. The largest absolute Gasteiger partial charge is 0.368 e. The van der Waals surface area contributed by atoms with Crippen molar-refractivity contribution in [2.24, 2.45) is 0 Å². The summed E-state index contributed by atoms with van der Waals surface area (Å²) >= 11 is 0. The molecule has 2 N–H and O–H groups in total. The molecule has 3 rings (SSSR count). The number of fused-ring (bicyclic) bond motifs is 1. The molecule has 0 bridgehead atoms. The third-order valence-corrected chi connectivity index (χ3v) is 3.29. The SMILES string of the molecule is Cc1ccc2c(c1)CCCN2c1ccnc(N)n1. The molecule has 1 aromatic heterocycles. The zero-order valence-corrected chi connectivity index (χ0v) is 10.4. The molecule has 2 aromatic rings. The summed E-state index contributed by atoms with van der Waals surface area (Å²) < 4.78 is 0. The van der Waals surface area contributed by atoms with Crippen molar-refractivity contribution < 1.29 is 0 Å². The molecule has 0 radical (unpaired) electrons. The highest BCUT2D eigenvalue weighted by atomic mass is 15.2. The van der Waals surface area contributed by atoms with Gasteiger partial charge in [-0.05, 0) is 37.5 Å². The van der Waals surface area contributed by atoms with E-state index in [2.05, 4.69) is 40.0 Å². The molecular formula is C14H16N4. The van der Waals surface area contributed by atoms with Gasteiger partial charge >= 0.3 is 0 Å². The fourth-order valence-corrected chi connectivity index (χ4v) is 2.48. The van der Waals surface area contributed by atoms with Gasteiger partial charge in [0, 0.05) is 18.4 Å². The average molecular weight is 240 g/mol. The van der Waals surface area contributed by atoms with Gasteiger partial charge in [0.05, 0.1) is 0 Å². The lowest BCUT2D eigenvalue weighted by Crippen LogP contribution is -2.25. The normalized spacial score (nSPS) is 14.4. The number of hydrogen-bond donors (Lipinski definition) is 1. The van der Waals surface area contributed by atoms with Gasteiger partial charge in [0.2, 0.25) is 5.95 Å². The Labute approximate surface area is 106 Å². The standard InChI is InChI=1S/C14H16N4/c1-10-4-5-12-11(9-10)3-2-8-18(12)13-6-7-16-14(15)17-13/h4-7,9H,2-3,8H2,1H3,(H2,15,16,17). The number of aromatic nitrogens is 2. The van der Waals surface area contributed by atoms with Crippen molar-refractivity contribution in [3.05, 3.63) is 41.6 Å². The lowest BCUT2D eigenvalue weighted by atomic mass is 9.99. The molecule has 1 aliphatic rings. The van der Waals surface area contributed by atoms with Crippen LogP contribution >= 0.6 is 0 Å². The van der Waals surface area contributed by atoms with E-state index >= 15 is 0 Å². The maximum absolute atomic E-state index is 5.66. The van der Waals surface area contributed by atoms with Crippen LogP contribution in [0.5, 0.6) is 0 Å². The molecule has 2 heterocycles. The maximum Gasteiger partial charge on any atom is 0.221 e. The van der Waals surface area contributed by atoms with Crippen molar-refractivity contribution in [2.45, 2.75) is 19.8 Å². The van der Waals surface area contributed by atoms with Crippen LogP contribution in [0, 0.1) is 6.92 Å². The second-order valence-corrected chi connectivity index (χ2v) is 4.66. The van der Waals surface area contributed by atoms with E-state index in [0.717, 1.165) is 25.2 Å². The van der Waals surface area contributed by atoms with Crippen molar-refractivity contribution in [3.63, 3.8) is 0 Å². The van der Waals surface area contributed by atoms with Crippen molar-refractivity contribution in [1.82, 2.24) is 9.97 Å². The van der Waals surface area contributed by atoms with Gasteiger partial charge in [-0.2, -0.15) is 4.98 Å². The number of nitrogens with zero attached hydrogens (tertiary/aromatic N) is 3.